The van der Waals surface area contributed by atoms with Crippen molar-refractivity contribution in [2.24, 2.45) is 0 Å². The lowest BCUT2D eigenvalue weighted by molar-refractivity contribution is 0.244. The summed E-state index contributed by atoms with van der Waals surface area (Å²) in [6, 6.07) is 6.42. The van der Waals surface area contributed by atoms with Crippen LogP contribution in [0.25, 0.3) is 0 Å². The fourth-order valence-electron chi connectivity index (χ4n) is 2.50. The highest BCUT2D eigenvalue weighted by Crippen LogP contribution is 2.52. The number of benzene rings is 1. The number of halogens is 1. The highest BCUT2D eigenvalue weighted by molar-refractivity contribution is 7.53. The summed E-state index contributed by atoms with van der Waals surface area (Å²) >= 11 is 0. The summed E-state index contributed by atoms with van der Waals surface area (Å²) < 4.78 is 30.6. The van der Waals surface area contributed by atoms with Gasteiger partial charge in [-0.2, -0.15) is 0 Å². The molecule has 1 saturated carbocycles. The van der Waals surface area contributed by atoms with Crippen LogP contribution in [0, 0.1) is 5.82 Å². The van der Waals surface area contributed by atoms with Gasteiger partial charge in [-0.25, -0.2) is 4.39 Å². The molecule has 0 bridgehead atoms. The number of hydrogen-bond donors (Lipinski definition) is 1. The molecule has 0 heterocycles. The van der Waals surface area contributed by atoms with E-state index < -0.39 is 7.60 Å². The van der Waals surface area contributed by atoms with E-state index in [1.807, 2.05) is 0 Å². The molecule has 0 saturated heterocycles. The Bertz CT molecular complexity index is 458. The summed E-state index contributed by atoms with van der Waals surface area (Å²) in [6.07, 6.45) is 4.95. The molecule has 2 rings (SSSR count). The highest BCUT2D eigenvalue weighted by atomic mass is 31.2. The van der Waals surface area contributed by atoms with E-state index in [1.165, 1.54) is 6.07 Å². The quantitative estimate of drug-likeness (QED) is 0.835. The van der Waals surface area contributed by atoms with Crippen LogP contribution in [0.2, 0.25) is 0 Å². The molecule has 0 radical (unpaired) electrons. The van der Waals surface area contributed by atoms with Crippen LogP contribution in [0.3, 0.4) is 0 Å². The van der Waals surface area contributed by atoms with Crippen LogP contribution < -0.4 is 0 Å². The zero-order valence-electron chi connectivity index (χ0n) is 10.9. The molecule has 1 aromatic carbocycles. The van der Waals surface area contributed by atoms with E-state index >= 15 is 0 Å². The molecule has 3 nitrogen and oxygen atoms in total. The van der Waals surface area contributed by atoms with Crippen LogP contribution in [-0.4, -0.2) is 17.2 Å². The summed E-state index contributed by atoms with van der Waals surface area (Å²) in [5, 5.41) is 0. The molecular formula is C14H20FO3P. The molecule has 0 aliphatic heterocycles. The highest BCUT2D eigenvalue weighted by Gasteiger charge is 2.33. The van der Waals surface area contributed by atoms with Crippen LogP contribution in [0.4, 0.5) is 4.39 Å². The van der Waals surface area contributed by atoms with Crippen LogP contribution in [0.5, 0.6) is 0 Å². The van der Waals surface area contributed by atoms with Gasteiger partial charge in [0.05, 0.1) is 12.3 Å². The number of hydrogen-bond acceptors (Lipinski definition) is 2. The van der Waals surface area contributed by atoms with Crippen molar-refractivity contribution in [2.75, 3.05) is 6.61 Å². The molecule has 19 heavy (non-hydrogen) atoms. The maximum Gasteiger partial charge on any atom is 0.331 e. The van der Waals surface area contributed by atoms with E-state index in [4.69, 9.17) is 4.52 Å². The third-order valence-electron chi connectivity index (χ3n) is 3.64. The van der Waals surface area contributed by atoms with Crippen molar-refractivity contribution in [3.05, 3.63) is 35.6 Å². The first-order chi connectivity index (χ1) is 9.09. The Morgan fingerprint density at radius 3 is 2.63 bits per heavy atom. The fourth-order valence-corrected chi connectivity index (χ4v) is 4.08. The van der Waals surface area contributed by atoms with Gasteiger partial charge >= 0.3 is 7.60 Å². The maximum absolute atomic E-state index is 13.4. The lowest BCUT2D eigenvalue weighted by Crippen LogP contribution is -2.15. The first-order valence-corrected chi connectivity index (χ1v) is 8.45. The molecule has 5 heteroatoms. The smallest absolute Gasteiger partial charge is 0.324 e. The predicted octanol–water partition coefficient (Wildman–Crippen LogP) is 3.90. The monoisotopic (exact) mass is 286 g/mol. The second-order valence-electron chi connectivity index (χ2n) is 5.03. The van der Waals surface area contributed by atoms with E-state index in [0.717, 1.165) is 32.1 Å². The molecule has 1 aromatic rings. The van der Waals surface area contributed by atoms with Crippen molar-refractivity contribution in [1.82, 2.24) is 0 Å². The Kier molecular flexibility index (Phi) is 5.14. The minimum atomic E-state index is -3.54. The summed E-state index contributed by atoms with van der Waals surface area (Å²) in [5.41, 5.74) is 0.285. The van der Waals surface area contributed by atoms with Crippen molar-refractivity contribution < 1.29 is 18.4 Å². The standard InChI is InChI=1S/C14H20FO3P/c15-14-9-5-4-6-12(14)10-11-18-19(16,17)13-7-2-1-3-8-13/h4-6,9,13H,1-3,7-8,10-11H2,(H,16,17). The van der Waals surface area contributed by atoms with Crippen molar-refractivity contribution in [1.29, 1.82) is 0 Å². The Balaban J connectivity index is 1.84. The van der Waals surface area contributed by atoms with Crippen LogP contribution in [-0.2, 0) is 15.5 Å². The van der Waals surface area contributed by atoms with Gasteiger partial charge < -0.3 is 9.42 Å². The molecule has 1 unspecified atom stereocenters. The third-order valence-corrected chi connectivity index (χ3v) is 5.63. The van der Waals surface area contributed by atoms with Crippen molar-refractivity contribution in [2.45, 2.75) is 44.2 Å². The zero-order valence-corrected chi connectivity index (χ0v) is 11.8. The molecule has 1 N–H and O–H groups in total. The Morgan fingerprint density at radius 2 is 1.95 bits per heavy atom. The molecule has 106 valence electrons. The van der Waals surface area contributed by atoms with Crippen LogP contribution >= 0.6 is 7.60 Å². The van der Waals surface area contributed by atoms with Gasteiger partial charge in [0.2, 0.25) is 0 Å². The second-order valence-corrected chi connectivity index (χ2v) is 7.15. The largest absolute Gasteiger partial charge is 0.331 e. The lowest BCUT2D eigenvalue weighted by Gasteiger charge is -2.25. The minimum Gasteiger partial charge on any atom is -0.324 e. The minimum absolute atomic E-state index is 0.0885. The molecule has 0 spiro atoms. The van der Waals surface area contributed by atoms with Gasteiger partial charge in [-0.1, -0.05) is 37.5 Å². The van der Waals surface area contributed by atoms with E-state index in [1.54, 1.807) is 18.2 Å². The molecule has 1 fully saturated rings. The van der Waals surface area contributed by atoms with Gasteiger partial charge in [0.15, 0.2) is 0 Å². The number of rotatable bonds is 5. The average molecular weight is 286 g/mol. The van der Waals surface area contributed by atoms with E-state index in [-0.39, 0.29) is 18.1 Å². The lowest BCUT2D eigenvalue weighted by atomic mass is 10.0. The van der Waals surface area contributed by atoms with Gasteiger partial charge in [-0.3, -0.25) is 4.57 Å². The van der Waals surface area contributed by atoms with Crippen LogP contribution in [0.15, 0.2) is 24.3 Å². The Hall–Kier alpha value is -0.700. The maximum atomic E-state index is 13.4. The SMILES string of the molecule is O=P(O)(OCCc1ccccc1F)C1CCCCC1. The van der Waals surface area contributed by atoms with Gasteiger partial charge in [0, 0.05) is 0 Å². The summed E-state index contributed by atoms with van der Waals surface area (Å²) in [6.45, 7) is 0.0885. The van der Waals surface area contributed by atoms with Crippen LogP contribution in [0.1, 0.15) is 37.7 Å². The molecule has 1 aliphatic carbocycles. The summed E-state index contributed by atoms with van der Waals surface area (Å²) in [4.78, 5) is 9.93. The van der Waals surface area contributed by atoms with Gasteiger partial charge in [0.1, 0.15) is 5.82 Å². The van der Waals surface area contributed by atoms with E-state index in [2.05, 4.69) is 0 Å². The first-order valence-electron chi connectivity index (χ1n) is 6.80. The second kappa shape index (κ2) is 6.65. The molecule has 1 atom stereocenters. The fraction of sp³-hybridized carbons (Fsp3) is 0.571. The molecular weight excluding hydrogens is 266 g/mol. The molecule has 0 amide bonds. The third kappa shape index (κ3) is 4.13. The van der Waals surface area contributed by atoms with Gasteiger partial charge in [0.25, 0.3) is 0 Å². The average Bonchev–Trinajstić information content (AvgIpc) is 2.42. The predicted molar refractivity (Wildman–Crippen MR) is 72.8 cm³/mol. The first kappa shape index (κ1) is 14.7. The molecule has 0 aromatic heterocycles. The van der Waals surface area contributed by atoms with Crippen molar-refractivity contribution in [3.63, 3.8) is 0 Å². The van der Waals surface area contributed by atoms with E-state index in [0.29, 0.717) is 12.0 Å². The zero-order chi connectivity index (χ0) is 13.7. The Morgan fingerprint density at radius 1 is 1.26 bits per heavy atom. The van der Waals surface area contributed by atoms with Gasteiger partial charge in [-0.05, 0) is 30.9 Å². The molecule has 1 aliphatic rings. The van der Waals surface area contributed by atoms with Crippen molar-refractivity contribution >= 4 is 7.60 Å². The summed E-state index contributed by atoms with van der Waals surface area (Å²) in [5.74, 6) is -0.295. The summed E-state index contributed by atoms with van der Waals surface area (Å²) in [7, 11) is -3.54. The van der Waals surface area contributed by atoms with Gasteiger partial charge in [-0.15, -0.1) is 0 Å². The van der Waals surface area contributed by atoms with Crippen molar-refractivity contribution in [3.8, 4) is 0 Å². The van der Waals surface area contributed by atoms with E-state index in [9.17, 15) is 13.8 Å². The Labute approximate surface area is 113 Å². The normalized spacial score (nSPS) is 20.1. The topological polar surface area (TPSA) is 46.5 Å².